The SMILES string of the molecule is O=C(Nc1ccc2ccccc2c1N1CCOCC1)c1ccccn1. The van der Waals surface area contributed by atoms with Gasteiger partial charge in [0.1, 0.15) is 5.69 Å². The molecule has 1 aromatic heterocycles. The second-order valence-corrected chi connectivity index (χ2v) is 5.95. The third kappa shape index (κ3) is 3.19. The number of hydrogen-bond acceptors (Lipinski definition) is 4. The minimum absolute atomic E-state index is 0.203. The number of hydrogen-bond donors (Lipinski definition) is 1. The highest BCUT2D eigenvalue weighted by molar-refractivity contribution is 6.09. The summed E-state index contributed by atoms with van der Waals surface area (Å²) in [6.07, 6.45) is 1.62. The van der Waals surface area contributed by atoms with Gasteiger partial charge < -0.3 is 15.0 Å². The number of rotatable bonds is 3. The van der Waals surface area contributed by atoms with Crippen LogP contribution in [0.25, 0.3) is 10.8 Å². The molecule has 0 radical (unpaired) electrons. The second-order valence-electron chi connectivity index (χ2n) is 5.95. The zero-order chi connectivity index (χ0) is 17.1. The van der Waals surface area contributed by atoms with Gasteiger partial charge in [-0.15, -0.1) is 0 Å². The van der Waals surface area contributed by atoms with Crippen molar-refractivity contribution in [2.24, 2.45) is 0 Å². The van der Waals surface area contributed by atoms with Gasteiger partial charge >= 0.3 is 0 Å². The van der Waals surface area contributed by atoms with Crippen molar-refractivity contribution in [2.75, 3.05) is 36.5 Å². The van der Waals surface area contributed by atoms with Crippen LogP contribution in [0.5, 0.6) is 0 Å². The summed E-state index contributed by atoms with van der Waals surface area (Å²) >= 11 is 0. The van der Waals surface area contributed by atoms with E-state index in [-0.39, 0.29) is 5.91 Å². The zero-order valence-corrected chi connectivity index (χ0v) is 13.8. The molecule has 0 unspecified atom stereocenters. The van der Waals surface area contributed by atoms with E-state index < -0.39 is 0 Å². The lowest BCUT2D eigenvalue weighted by Gasteiger charge is -2.31. The maximum absolute atomic E-state index is 12.6. The number of benzene rings is 2. The summed E-state index contributed by atoms with van der Waals surface area (Å²) in [7, 11) is 0. The van der Waals surface area contributed by atoms with E-state index in [1.165, 1.54) is 0 Å². The lowest BCUT2D eigenvalue weighted by molar-refractivity contribution is 0.102. The van der Waals surface area contributed by atoms with E-state index in [1.54, 1.807) is 18.3 Å². The highest BCUT2D eigenvalue weighted by atomic mass is 16.5. The van der Waals surface area contributed by atoms with Gasteiger partial charge in [-0.05, 0) is 23.6 Å². The van der Waals surface area contributed by atoms with Crippen molar-refractivity contribution < 1.29 is 9.53 Å². The maximum Gasteiger partial charge on any atom is 0.274 e. The molecule has 0 bridgehead atoms. The van der Waals surface area contributed by atoms with Crippen molar-refractivity contribution in [1.29, 1.82) is 0 Å². The molecular formula is C20H19N3O2. The standard InChI is InChI=1S/C20H19N3O2/c24-20(18-7-3-4-10-21-18)22-17-9-8-15-5-1-2-6-16(15)19(17)23-11-13-25-14-12-23/h1-10H,11-14H2,(H,22,24). The minimum atomic E-state index is -0.203. The lowest BCUT2D eigenvalue weighted by atomic mass is 10.1. The predicted octanol–water partition coefficient (Wildman–Crippen LogP) is 3.32. The summed E-state index contributed by atoms with van der Waals surface area (Å²) in [6, 6.07) is 17.6. The van der Waals surface area contributed by atoms with Crippen molar-refractivity contribution in [3.05, 3.63) is 66.5 Å². The van der Waals surface area contributed by atoms with Crippen LogP contribution < -0.4 is 10.2 Å². The molecule has 2 heterocycles. The Morgan fingerprint density at radius 3 is 2.60 bits per heavy atom. The third-order valence-electron chi connectivity index (χ3n) is 4.37. The van der Waals surface area contributed by atoms with Crippen molar-refractivity contribution in [3.8, 4) is 0 Å². The highest BCUT2D eigenvalue weighted by Crippen LogP contribution is 2.35. The first kappa shape index (κ1) is 15.6. The van der Waals surface area contributed by atoms with Crippen molar-refractivity contribution in [1.82, 2.24) is 4.98 Å². The molecule has 4 rings (SSSR count). The Bertz CT molecular complexity index is 890. The van der Waals surface area contributed by atoms with Gasteiger partial charge in [-0.2, -0.15) is 0 Å². The summed E-state index contributed by atoms with van der Waals surface area (Å²) in [4.78, 5) is 19.0. The molecule has 0 aliphatic carbocycles. The van der Waals surface area contributed by atoms with E-state index in [0.29, 0.717) is 18.9 Å². The van der Waals surface area contributed by atoms with Crippen LogP contribution in [0.3, 0.4) is 0 Å². The van der Waals surface area contributed by atoms with Gasteiger partial charge in [0.25, 0.3) is 5.91 Å². The van der Waals surface area contributed by atoms with Gasteiger partial charge in [0, 0.05) is 24.7 Å². The Morgan fingerprint density at radius 1 is 1.00 bits per heavy atom. The largest absolute Gasteiger partial charge is 0.378 e. The van der Waals surface area contributed by atoms with E-state index in [9.17, 15) is 4.79 Å². The molecule has 25 heavy (non-hydrogen) atoms. The molecule has 0 atom stereocenters. The quantitative estimate of drug-likeness (QED) is 0.799. The zero-order valence-electron chi connectivity index (χ0n) is 13.8. The molecule has 1 fully saturated rings. The number of pyridine rings is 1. The number of nitrogens with zero attached hydrogens (tertiary/aromatic N) is 2. The van der Waals surface area contributed by atoms with Gasteiger partial charge in [0.2, 0.25) is 0 Å². The molecule has 5 heteroatoms. The number of anilines is 2. The number of fused-ring (bicyclic) bond motifs is 1. The monoisotopic (exact) mass is 333 g/mol. The fourth-order valence-corrected chi connectivity index (χ4v) is 3.17. The number of aromatic nitrogens is 1. The molecule has 0 saturated carbocycles. The van der Waals surface area contributed by atoms with Crippen LogP contribution >= 0.6 is 0 Å². The van der Waals surface area contributed by atoms with Crippen molar-refractivity contribution in [3.63, 3.8) is 0 Å². The minimum Gasteiger partial charge on any atom is -0.378 e. The van der Waals surface area contributed by atoms with Gasteiger partial charge in [-0.3, -0.25) is 9.78 Å². The first-order chi connectivity index (χ1) is 12.3. The fraction of sp³-hybridized carbons (Fsp3) is 0.200. The molecule has 1 saturated heterocycles. The number of morpholine rings is 1. The van der Waals surface area contributed by atoms with Crippen LogP contribution in [0.4, 0.5) is 11.4 Å². The van der Waals surface area contributed by atoms with Gasteiger partial charge in [0.15, 0.2) is 0 Å². The van der Waals surface area contributed by atoms with E-state index in [1.807, 2.05) is 30.3 Å². The van der Waals surface area contributed by atoms with Crippen LogP contribution in [0, 0.1) is 0 Å². The van der Waals surface area contributed by atoms with Crippen LogP contribution in [-0.2, 0) is 4.74 Å². The molecule has 3 aromatic rings. The van der Waals surface area contributed by atoms with Crippen LogP contribution in [-0.4, -0.2) is 37.2 Å². The normalized spacial score (nSPS) is 14.5. The lowest BCUT2D eigenvalue weighted by Crippen LogP contribution is -2.37. The Morgan fingerprint density at radius 2 is 1.80 bits per heavy atom. The van der Waals surface area contributed by atoms with Crippen LogP contribution in [0.15, 0.2) is 60.8 Å². The molecular weight excluding hydrogens is 314 g/mol. The Labute approximate surface area is 146 Å². The van der Waals surface area contributed by atoms with E-state index in [0.717, 1.165) is 35.2 Å². The summed E-state index contributed by atoms with van der Waals surface area (Å²) in [5.41, 5.74) is 2.26. The summed E-state index contributed by atoms with van der Waals surface area (Å²) in [6.45, 7) is 2.99. The maximum atomic E-state index is 12.6. The molecule has 1 aliphatic heterocycles. The molecule has 2 aromatic carbocycles. The van der Waals surface area contributed by atoms with Crippen molar-refractivity contribution >= 4 is 28.1 Å². The molecule has 0 spiro atoms. The summed E-state index contributed by atoms with van der Waals surface area (Å²) in [5, 5.41) is 5.31. The smallest absolute Gasteiger partial charge is 0.274 e. The topological polar surface area (TPSA) is 54.5 Å². The van der Waals surface area contributed by atoms with Crippen LogP contribution in [0.2, 0.25) is 0 Å². The van der Waals surface area contributed by atoms with Gasteiger partial charge in [-0.25, -0.2) is 0 Å². The summed E-state index contributed by atoms with van der Waals surface area (Å²) < 4.78 is 5.48. The number of carbonyl (C=O) groups is 1. The molecule has 126 valence electrons. The van der Waals surface area contributed by atoms with Crippen LogP contribution in [0.1, 0.15) is 10.5 Å². The predicted molar refractivity (Wildman–Crippen MR) is 99.2 cm³/mol. The van der Waals surface area contributed by atoms with Gasteiger partial charge in [-0.1, -0.05) is 36.4 Å². The number of carbonyl (C=O) groups excluding carboxylic acids is 1. The van der Waals surface area contributed by atoms with E-state index in [4.69, 9.17) is 4.74 Å². The number of amides is 1. The molecule has 1 aliphatic rings. The van der Waals surface area contributed by atoms with Crippen molar-refractivity contribution in [2.45, 2.75) is 0 Å². The summed E-state index contributed by atoms with van der Waals surface area (Å²) in [5.74, 6) is -0.203. The average Bonchev–Trinajstić information content (AvgIpc) is 2.69. The first-order valence-corrected chi connectivity index (χ1v) is 8.40. The average molecular weight is 333 g/mol. The first-order valence-electron chi connectivity index (χ1n) is 8.40. The highest BCUT2D eigenvalue weighted by Gasteiger charge is 2.19. The Hall–Kier alpha value is -2.92. The molecule has 1 N–H and O–H groups in total. The Balaban J connectivity index is 1.76. The number of nitrogens with one attached hydrogen (secondary N) is 1. The van der Waals surface area contributed by atoms with E-state index in [2.05, 4.69) is 27.3 Å². The molecule has 5 nitrogen and oxygen atoms in total. The van der Waals surface area contributed by atoms with Gasteiger partial charge in [0.05, 0.1) is 24.6 Å². The molecule has 1 amide bonds. The number of ether oxygens (including phenoxy) is 1. The second kappa shape index (κ2) is 6.91. The Kier molecular flexibility index (Phi) is 4.31. The van der Waals surface area contributed by atoms with E-state index >= 15 is 0 Å². The third-order valence-corrected chi connectivity index (χ3v) is 4.37. The fourth-order valence-electron chi connectivity index (χ4n) is 3.17.